The van der Waals surface area contributed by atoms with Crippen molar-refractivity contribution in [1.82, 2.24) is 24.1 Å². The summed E-state index contributed by atoms with van der Waals surface area (Å²) in [5.74, 6) is -0.341. The molecule has 0 saturated heterocycles. The Kier molecular flexibility index (Phi) is 7.99. The number of para-hydroxylation sites is 1. The van der Waals surface area contributed by atoms with Crippen LogP contribution in [-0.4, -0.2) is 54.1 Å². The first-order valence-electron chi connectivity index (χ1n) is 13.7. The fraction of sp³-hybridized carbons (Fsp3) is 0.323. The lowest BCUT2D eigenvalue weighted by Gasteiger charge is -2.27. The first kappa shape index (κ1) is 30.1. The van der Waals surface area contributed by atoms with E-state index in [0.29, 0.717) is 33.2 Å². The highest BCUT2D eigenvalue weighted by Crippen LogP contribution is 2.30. The Bertz CT molecular complexity index is 1840. The predicted molar refractivity (Wildman–Crippen MR) is 165 cm³/mol. The van der Waals surface area contributed by atoms with Crippen LogP contribution in [0.25, 0.3) is 27.7 Å². The number of rotatable bonds is 5. The molecule has 0 fully saturated rings. The first-order valence-corrected chi connectivity index (χ1v) is 14.5. The summed E-state index contributed by atoms with van der Waals surface area (Å²) < 4.78 is 29.2. The molecule has 12 heteroatoms. The van der Waals surface area contributed by atoms with Crippen LogP contribution in [-0.2, 0) is 15.9 Å². The summed E-state index contributed by atoms with van der Waals surface area (Å²) in [7, 11) is 0. The molecule has 4 aromatic heterocycles. The molecule has 0 aliphatic carbocycles. The predicted octanol–water partition coefficient (Wildman–Crippen LogP) is 7.42. The molecule has 0 saturated carbocycles. The standard InChI is InChI=1S/C31H32BrFN6O4/c1-30(2,3)42-28(40)37(12-11-19-18-38(29(41)43-31(4,5)6)25-10-8-7-9-22(19)25)27-36-24(20-13-21(33)16-34-15-20)14-26-23(32)17-35-39(26)27/h7-10,13-18H,11-12H2,1-6H3. The quantitative estimate of drug-likeness (QED) is 0.195. The maximum atomic E-state index is 14.1. The van der Waals surface area contributed by atoms with Gasteiger partial charge in [-0.15, -0.1) is 0 Å². The average Bonchev–Trinajstić information content (AvgIpc) is 3.47. The third-order valence-corrected chi connectivity index (χ3v) is 6.90. The highest BCUT2D eigenvalue weighted by molar-refractivity contribution is 9.10. The van der Waals surface area contributed by atoms with Gasteiger partial charge in [0, 0.05) is 29.9 Å². The number of fused-ring (bicyclic) bond motifs is 2. The van der Waals surface area contributed by atoms with E-state index >= 15 is 0 Å². The summed E-state index contributed by atoms with van der Waals surface area (Å²) in [6.45, 7) is 10.9. The van der Waals surface area contributed by atoms with Crippen LogP contribution in [0.2, 0.25) is 0 Å². The van der Waals surface area contributed by atoms with Crippen LogP contribution in [0.15, 0.2) is 65.7 Å². The van der Waals surface area contributed by atoms with E-state index in [0.717, 1.165) is 17.1 Å². The Morgan fingerprint density at radius 1 is 0.977 bits per heavy atom. The van der Waals surface area contributed by atoms with E-state index in [4.69, 9.17) is 14.5 Å². The average molecular weight is 652 g/mol. The molecule has 0 N–H and O–H groups in total. The van der Waals surface area contributed by atoms with Gasteiger partial charge in [-0.25, -0.2) is 23.9 Å². The van der Waals surface area contributed by atoms with Gasteiger partial charge in [-0.2, -0.15) is 9.61 Å². The van der Waals surface area contributed by atoms with Crippen LogP contribution in [0.1, 0.15) is 47.1 Å². The van der Waals surface area contributed by atoms with Gasteiger partial charge in [0.25, 0.3) is 0 Å². The van der Waals surface area contributed by atoms with Gasteiger partial charge < -0.3 is 9.47 Å². The zero-order chi connectivity index (χ0) is 31.1. The number of carbonyl (C=O) groups excluding carboxylic acids is 2. The number of aromatic nitrogens is 5. The van der Waals surface area contributed by atoms with E-state index in [1.165, 1.54) is 26.2 Å². The molecule has 0 spiro atoms. The molecule has 0 atom stereocenters. The Balaban J connectivity index is 1.59. The molecular weight excluding hydrogens is 619 g/mol. The number of ether oxygens (including phenoxy) is 2. The lowest BCUT2D eigenvalue weighted by Crippen LogP contribution is -2.39. The molecule has 5 rings (SSSR count). The number of pyridine rings is 1. The molecule has 5 aromatic rings. The number of amides is 1. The number of hydrogen-bond acceptors (Lipinski definition) is 7. The molecule has 0 bridgehead atoms. The van der Waals surface area contributed by atoms with E-state index in [9.17, 15) is 14.0 Å². The summed E-state index contributed by atoms with van der Waals surface area (Å²) >= 11 is 3.51. The lowest BCUT2D eigenvalue weighted by molar-refractivity contribution is 0.0540. The van der Waals surface area contributed by atoms with Crippen molar-refractivity contribution in [2.24, 2.45) is 0 Å². The molecule has 0 aliphatic heterocycles. The molecule has 43 heavy (non-hydrogen) atoms. The van der Waals surface area contributed by atoms with Gasteiger partial charge in [0.1, 0.15) is 17.0 Å². The summed E-state index contributed by atoms with van der Waals surface area (Å²) in [4.78, 5) is 36.9. The zero-order valence-corrected chi connectivity index (χ0v) is 26.3. The van der Waals surface area contributed by atoms with E-state index in [1.807, 2.05) is 45.0 Å². The molecule has 0 aliphatic rings. The monoisotopic (exact) mass is 650 g/mol. The second-order valence-electron chi connectivity index (χ2n) is 12.0. The normalized spacial score (nSPS) is 12.1. The van der Waals surface area contributed by atoms with Gasteiger partial charge in [-0.05, 0) is 87.7 Å². The van der Waals surface area contributed by atoms with E-state index in [1.54, 1.807) is 39.2 Å². The van der Waals surface area contributed by atoms with Crippen LogP contribution in [0.3, 0.4) is 0 Å². The number of hydrogen-bond donors (Lipinski definition) is 0. The smallest absolute Gasteiger partial charge is 0.419 e. The van der Waals surface area contributed by atoms with Gasteiger partial charge in [0.15, 0.2) is 0 Å². The van der Waals surface area contributed by atoms with Crippen molar-refractivity contribution in [1.29, 1.82) is 0 Å². The minimum absolute atomic E-state index is 0.127. The van der Waals surface area contributed by atoms with Crippen molar-refractivity contribution in [3.05, 3.63) is 77.0 Å². The van der Waals surface area contributed by atoms with Crippen molar-refractivity contribution in [2.45, 2.75) is 59.2 Å². The van der Waals surface area contributed by atoms with Crippen molar-refractivity contribution >= 4 is 50.5 Å². The fourth-order valence-corrected chi connectivity index (χ4v) is 4.93. The SMILES string of the molecule is CC(C)(C)OC(=O)N(CCc1cn(C(=O)OC(C)(C)C)c2ccccc12)c1nc(-c2cncc(F)c2)cc2c(Br)cnn12. The van der Waals surface area contributed by atoms with Crippen LogP contribution >= 0.6 is 15.9 Å². The Morgan fingerprint density at radius 3 is 2.40 bits per heavy atom. The lowest BCUT2D eigenvalue weighted by atomic mass is 10.1. The minimum Gasteiger partial charge on any atom is -0.443 e. The molecule has 10 nitrogen and oxygen atoms in total. The minimum atomic E-state index is -0.796. The number of benzene rings is 1. The van der Waals surface area contributed by atoms with Crippen molar-refractivity contribution in [2.75, 3.05) is 11.4 Å². The highest BCUT2D eigenvalue weighted by atomic mass is 79.9. The summed E-state index contributed by atoms with van der Waals surface area (Å²) in [5, 5.41) is 5.28. The Morgan fingerprint density at radius 2 is 1.70 bits per heavy atom. The molecule has 1 amide bonds. The number of nitrogens with zero attached hydrogens (tertiary/aromatic N) is 6. The number of anilines is 1. The van der Waals surface area contributed by atoms with Gasteiger partial charge in [0.2, 0.25) is 5.95 Å². The molecule has 224 valence electrons. The third kappa shape index (κ3) is 6.69. The summed E-state index contributed by atoms with van der Waals surface area (Å²) in [6.07, 6.45) is 5.13. The Hall–Kier alpha value is -4.32. The highest BCUT2D eigenvalue weighted by Gasteiger charge is 2.29. The fourth-order valence-electron chi connectivity index (χ4n) is 4.55. The van der Waals surface area contributed by atoms with E-state index in [2.05, 4.69) is 26.0 Å². The zero-order valence-electron chi connectivity index (χ0n) is 24.8. The van der Waals surface area contributed by atoms with Crippen molar-refractivity contribution in [3.8, 4) is 11.3 Å². The molecule has 1 aromatic carbocycles. The number of carbonyl (C=O) groups is 2. The van der Waals surface area contributed by atoms with Gasteiger partial charge in [-0.3, -0.25) is 9.55 Å². The van der Waals surface area contributed by atoms with Crippen molar-refractivity contribution in [3.63, 3.8) is 0 Å². The van der Waals surface area contributed by atoms with Crippen LogP contribution in [0.4, 0.5) is 19.9 Å². The Labute approximate surface area is 256 Å². The van der Waals surface area contributed by atoms with E-state index < -0.39 is 29.2 Å². The molecular formula is C31H32BrFN6O4. The topological polar surface area (TPSA) is 104 Å². The molecule has 0 unspecified atom stereocenters. The second-order valence-corrected chi connectivity index (χ2v) is 12.9. The summed E-state index contributed by atoms with van der Waals surface area (Å²) in [6, 6.07) is 10.6. The number of halogens is 2. The first-order chi connectivity index (χ1) is 20.2. The van der Waals surface area contributed by atoms with E-state index in [-0.39, 0.29) is 12.5 Å². The molecule has 0 radical (unpaired) electrons. The van der Waals surface area contributed by atoms with Gasteiger partial charge in [-0.1, -0.05) is 18.2 Å². The maximum absolute atomic E-state index is 14.1. The summed E-state index contributed by atoms with van der Waals surface area (Å²) in [5.41, 5.74) is 1.47. The second kappa shape index (κ2) is 11.4. The molecule has 4 heterocycles. The third-order valence-electron chi connectivity index (χ3n) is 6.29. The van der Waals surface area contributed by atoms with Gasteiger partial charge in [0.05, 0.1) is 33.6 Å². The van der Waals surface area contributed by atoms with Gasteiger partial charge >= 0.3 is 12.2 Å². The van der Waals surface area contributed by atoms with Crippen molar-refractivity contribution < 1.29 is 23.5 Å². The largest absolute Gasteiger partial charge is 0.443 e. The van der Waals surface area contributed by atoms with Crippen LogP contribution in [0, 0.1) is 5.82 Å². The maximum Gasteiger partial charge on any atom is 0.419 e. The van der Waals surface area contributed by atoms with Crippen LogP contribution < -0.4 is 4.90 Å². The van der Waals surface area contributed by atoms with Crippen LogP contribution in [0.5, 0.6) is 0 Å².